The minimum absolute atomic E-state index is 0.707. The van der Waals surface area contributed by atoms with Gasteiger partial charge in [0.1, 0.15) is 0 Å². The molecule has 0 heterocycles. The van der Waals surface area contributed by atoms with Crippen molar-refractivity contribution in [2.24, 2.45) is 0 Å². The number of hydrogen-bond donors (Lipinski definition) is 6. The van der Waals surface area contributed by atoms with Gasteiger partial charge in [-0.1, -0.05) is 12.8 Å². The summed E-state index contributed by atoms with van der Waals surface area (Å²) in [5.41, 5.74) is 0. The number of carboxylic acids is 2. The number of rotatable bonds is 5. The highest BCUT2D eigenvalue weighted by atomic mass is 16.4. The van der Waals surface area contributed by atoms with Crippen molar-refractivity contribution in [1.82, 2.24) is 10.6 Å². The van der Waals surface area contributed by atoms with Gasteiger partial charge in [-0.15, -0.1) is 0 Å². The Balaban J connectivity index is 0.000000361. The van der Waals surface area contributed by atoms with Crippen molar-refractivity contribution in [2.45, 2.75) is 50.0 Å². The lowest BCUT2D eigenvalue weighted by molar-refractivity contribution is -0.165. The Kier molecular flexibility index (Phi) is 9.06. The number of likely N-dealkylation sites (N-methyl/N-ethyl adjacent to an activating group) is 2. The normalized spacial score (nSPS) is 25.0. The summed E-state index contributed by atoms with van der Waals surface area (Å²) in [7, 11) is 4.11. The largest absolute Gasteiger partial charge is 0.479 e. The van der Waals surface area contributed by atoms with E-state index >= 15 is 0 Å². The van der Waals surface area contributed by atoms with Crippen molar-refractivity contribution in [3.8, 4) is 0 Å². The molecule has 4 atom stereocenters. The molecule has 0 spiro atoms. The van der Waals surface area contributed by atoms with E-state index in [9.17, 15) is 9.59 Å². The maximum atomic E-state index is 9.77. The highest BCUT2D eigenvalue weighted by Gasteiger charge is 2.29. The summed E-state index contributed by atoms with van der Waals surface area (Å²) in [6, 6.07) is 1.41. The third-order valence-corrected chi connectivity index (χ3v) is 3.31. The average molecular weight is 292 g/mol. The van der Waals surface area contributed by atoms with E-state index in [1.807, 2.05) is 0 Å². The van der Waals surface area contributed by atoms with Crippen LogP contribution in [0.25, 0.3) is 0 Å². The summed E-state index contributed by atoms with van der Waals surface area (Å²) >= 11 is 0. The Bertz CT molecular complexity index is 282. The molecule has 8 heteroatoms. The van der Waals surface area contributed by atoms with E-state index in [1.54, 1.807) is 0 Å². The minimum atomic E-state index is -2.27. The van der Waals surface area contributed by atoms with Crippen molar-refractivity contribution in [2.75, 3.05) is 14.1 Å². The van der Waals surface area contributed by atoms with Crippen LogP contribution in [0.15, 0.2) is 0 Å². The predicted octanol–water partition coefficient (Wildman–Crippen LogP) is -1.39. The molecule has 0 unspecified atom stereocenters. The summed E-state index contributed by atoms with van der Waals surface area (Å²) < 4.78 is 0. The number of aliphatic carboxylic acids is 2. The Morgan fingerprint density at radius 3 is 1.40 bits per heavy atom. The summed E-state index contributed by atoms with van der Waals surface area (Å²) in [6.45, 7) is 0. The number of aliphatic hydroxyl groups excluding tert-OH is 2. The van der Waals surface area contributed by atoms with Gasteiger partial charge in [0.05, 0.1) is 0 Å². The van der Waals surface area contributed by atoms with Gasteiger partial charge in [-0.05, 0) is 26.9 Å². The Morgan fingerprint density at radius 1 is 0.900 bits per heavy atom. The lowest BCUT2D eigenvalue weighted by atomic mass is 9.91. The Hall–Kier alpha value is -1.22. The van der Waals surface area contributed by atoms with E-state index in [0.29, 0.717) is 12.1 Å². The zero-order valence-electron chi connectivity index (χ0n) is 11.7. The fourth-order valence-electron chi connectivity index (χ4n) is 2.09. The van der Waals surface area contributed by atoms with E-state index in [0.717, 1.165) is 0 Å². The molecule has 1 rings (SSSR count). The molecule has 0 saturated heterocycles. The van der Waals surface area contributed by atoms with Crippen LogP contribution in [-0.4, -0.2) is 70.8 Å². The summed E-state index contributed by atoms with van der Waals surface area (Å²) in [5, 5.41) is 39.2. The van der Waals surface area contributed by atoms with E-state index in [1.165, 1.54) is 25.7 Å². The molecule has 1 aliphatic rings. The predicted molar refractivity (Wildman–Crippen MR) is 71.4 cm³/mol. The van der Waals surface area contributed by atoms with E-state index in [2.05, 4.69) is 24.7 Å². The fraction of sp³-hybridized carbons (Fsp3) is 0.833. The molecule has 1 saturated carbocycles. The second kappa shape index (κ2) is 9.65. The zero-order chi connectivity index (χ0) is 15.7. The molecular formula is C12H24N2O6. The van der Waals surface area contributed by atoms with Crippen LogP contribution in [-0.2, 0) is 9.59 Å². The summed E-state index contributed by atoms with van der Waals surface area (Å²) in [6.07, 6.45) is 0.923. The SMILES string of the molecule is CN[C@H]1CCCC[C@@H]1NC.O=C(O)[C@@H](O)[C@H](O)C(=O)O. The lowest BCUT2D eigenvalue weighted by Crippen LogP contribution is -2.47. The van der Waals surface area contributed by atoms with Gasteiger partial charge in [0.15, 0.2) is 12.2 Å². The van der Waals surface area contributed by atoms with E-state index in [4.69, 9.17) is 20.4 Å². The standard InChI is InChI=1S/C8H18N2.C4H6O6/c1-9-7-5-3-4-6-8(7)10-2;5-1(3(7)8)2(6)4(9)10/h7-10H,3-6H2,1-2H3;1-2,5-6H,(H,7,8)(H,9,10)/t7-,8-;1-,2-/m00/s1. The van der Waals surface area contributed by atoms with Gasteiger partial charge < -0.3 is 31.1 Å². The number of hydrogen-bond acceptors (Lipinski definition) is 6. The van der Waals surface area contributed by atoms with Crippen molar-refractivity contribution in [1.29, 1.82) is 0 Å². The molecule has 0 bridgehead atoms. The maximum Gasteiger partial charge on any atom is 0.335 e. The van der Waals surface area contributed by atoms with Crippen LogP contribution in [0.2, 0.25) is 0 Å². The first-order chi connectivity index (χ1) is 9.34. The topological polar surface area (TPSA) is 139 Å². The molecule has 20 heavy (non-hydrogen) atoms. The molecule has 0 aromatic heterocycles. The van der Waals surface area contributed by atoms with Crippen molar-refractivity contribution in [3.63, 3.8) is 0 Å². The van der Waals surface area contributed by atoms with Crippen molar-refractivity contribution in [3.05, 3.63) is 0 Å². The zero-order valence-corrected chi connectivity index (χ0v) is 11.7. The third-order valence-electron chi connectivity index (χ3n) is 3.31. The van der Waals surface area contributed by atoms with Gasteiger partial charge in [-0.3, -0.25) is 0 Å². The van der Waals surface area contributed by atoms with Gasteiger partial charge >= 0.3 is 11.9 Å². The Labute approximate surface area is 117 Å². The molecule has 118 valence electrons. The first kappa shape index (κ1) is 18.8. The monoisotopic (exact) mass is 292 g/mol. The van der Waals surface area contributed by atoms with E-state index < -0.39 is 24.1 Å². The number of nitrogens with one attached hydrogen (secondary N) is 2. The molecule has 0 amide bonds. The molecule has 0 radical (unpaired) electrons. The number of carbonyl (C=O) groups is 2. The second-order valence-corrected chi connectivity index (χ2v) is 4.64. The lowest BCUT2D eigenvalue weighted by Gasteiger charge is -2.30. The van der Waals surface area contributed by atoms with Crippen molar-refractivity contribution < 1.29 is 30.0 Å². The molecule has 0 aliphatic heterocycles. The molecule has 6 N–H and O–H groups in total. The van der Waals surface area contributed by atoms with Crippen LogP contribution in [0, 0.1) is 0 Å². The maximum absolute atomic E-state index is 9.77. The van der Waals surface area contributed by atoms with Gasteiger partial charge in [-0.2, -0.15) is 0 Å². The van der Waals surface area contributed by atoms with Crippen LogP contribution in [0.3, 0.4) is 0 Å². The van der Waals surface area contributed by atoms with E-state index in [-0.39, 0.29) is 0 Å². The van der Waals surface area contributed by atoms with Gasteiger partial charge in [-0.25, -0.2) is 9.59 Å². The van der Waals surface area contributed by atoms with Crippen molar-refractivity contribution >= 4 is 11.9 Å². The molecule has 0 aromatic rings. The fourth-order valence-corrected chi connectivity index (χ4v) is 2.09. The molecule has 1 aliphatic carbocycles. The first-order valence-corrected chi connectivity index (χ1v) is 6.51. The van der Waals surface area contributed by atoms with Crippen LogP contribution in [0.1, 0.15) is 25.7 Å². The quantitative estimate of drug-likeness (QED) is 0.364. The number of aliphatic hydroxyl groups is 2. The molecule has 1 fully saturated rings. The summed E-state index contributed by atoms with van der Waals surface area (Å²) in [4.78, 5) is 19.5. The smallest absolute Gasteiger partial charge is 0.335 e. The molecular weight excluding hydrogens is 268 g/mol. The molecule has 8 nitrogen and oxygen atoms in total. The highest BCUT2D eigenvalue weighted by molar-refractivity contribution is 5.83. The third kappa shape index (κ3) is 6.29. The van der Waals surface area contributed by atoms with Crippen LogP contribution >= 0.6 is 0 Å². The minimum Gasteiger partial charge on any atom is -0.479 e. The van der Waals surface area contributed by atoms with Crippen LogP contribution in [0.5, 0.6) is 0 Å². The first-order valence-electron chi connectivity index (χ1n) is 6.51. The Morgan fingerprint density at radius 2 is 1.20 bits per heavy atom. The average Bonchev–Trinajstić information content (AvgIpc) is 2.45. The number of carboxylic acid groups (broad SMARTS) is 2. The molecule has 0 aromatic carbocycles. The highest BCUT2D eigenvalue weighted by Crippen LogP contribution is 2.17. The van der Waals surface area contributed by atoms with Gasteiger partial charge in [0.2, 0.25) is 0 Å². The van der Waals surface area contributed by atoms with Gasteiger partial charge in [0, 0.05) is 12.1 Å². The van der Waals surface area contributed by atoms with Crippen LogP contribution in [0.4, 0.5) is 0 Å². The van der Waals surface area contributed by atoms with Gasteiger partial charge in [0.25, 0.3) is 0 Å². The second-order valence-electron chi connectivity index (χ2n) is 4.64. The summed E-state index contributed by atoms with van der Waals surface area (Å²) in [5.74, 6) is -3.54. The van der Waals surface area contributed by atoms with Crippen LogP contribution < -0.4 is 10.6 Å².